The minimum atomic E-state index is -1.09. The molecule has 0 unspecified atom stereocenters. The highest BCUT2D eigenvalue weighted by Gasteiger charge is 2.08. The van der Waals surface area contributed by atoms with E-state index in [9.17, 15) is 4.79 Å². The van der Waals surface area contributed by atoms with E-state index in [-0.39, 0.29) is 11.3 Å². The maximum Gasteiger partial charge on any atom is 0.339 e. The number of anilines is 1. The lowest BCUT2D eigenvalue weighted by atomic mass is 10.2. The fourth-order valence-corrected chi connectivity index (χ4v) is 0.741. The Hall–Kier alpha value is -1.78. The van der Waals surface area contributed by atoms with Gasteiger partial charge in [0, 0.05) is 12.3 Å². The third-order valence-corrected chi connectivity index (χ3v) is 1.35. The summed E-state index contributed by atoms with van der Waals surface area (Å²) in [6.45, 7) is 0. The first-order valence-electron chi connectivity index (χ1n) is 3.18. The van der Waals surface area contributed by atoms with Crippen LogP contribution in [0.3, 0.4) is 0 Å². The third kappa shape index (κ3) is 1.45. The number of aromatic nitrogens is 1. The lowest BCUT2D eigenvalue weighted by molar-refractivity contribution is 0.0697. The van der Waals surface area contributed by atoms with Crippen LogP contribution in [0.4, 0.5) is 5.69 Å². The number of carbonyl (C=O) groups is 1. The van der Waals surface area contributed by atoms with Gasteiger partial charge in [0.1, 0.15) is 5.56 Å². The highest BCUT2D eigenvalue weighted by atomic mass is 16.5. The van der Waals surface area contributed by atoms with Crippen LogP contribution >= 0.6 is 0 Å². The van der Waals surface area contributed by atoms with E-state index in [1.807, 2.05) is 0 Å². The zero-order chi connectivity index (χ0) is 9.14. The van der Waals surface area contributed by atoms with E-state index in [0.717, 1.165) is 6.20 Å². The second kappa shape index (κ2) is 3.08. The Balaban J connectivity index is 3.12. The number of hydrogen-bond acceptors (Lipinski definition) is 4. The lowest BCUT2D eigenvalue weighted by Crippen LogP contribution is -2.03. The number of hydrogen-bond donors (Lipinski definition) is 2. The quantitative estimate of drug-likeness (QED) is 0.666. The van der Waals surface area contributed by atoms with E-state index in [1.165, 1.54) is 13.2 Å². The normalized spacial score (nSPS) is 9.42. The summed E-state index contributed by atoms with van der Waals surface area (Å²) in [5.74, 6) is -0.792. The number of carboxylic acids is 1. The van der Waals surface area contributed by atoms with Crippen LogP contribution in [0.15, 0.2) is 12.3 Å². The van der Waals surface area contributed by atoms with Gasteiger partial charge in [0.05, 0.1) is 12.8 Å². The number of nitrogens with zero attached hydrogens (tertiary/aromatic N) is 1. The predicted molar refractivity (Wildman–Crippen MR) is 42.2 cm³/mol. The van der Waals surface area contributed by atoms with Crippen molar-refractivity contribution in [2.45, 2.75) is 0 Å². The van der Waals surface area contributed by atoms with Crippen molar-refractivity contribution < 1.29 is 14.6 Å². The molecule has 0 aliphatic heterocycles. The molecule has 0 atom stereocenters. The molecule has 1 aromatic heterocycles. The molecule has 0 bridgehead atoms. The van der Waals surface area contributed by atoms with Crippen LogP contribution in [-0.2, 0) is 0 Å². The zero-order valence-corrected chi connectivity index (χ0v) is 6.44. The Bertz CT molecular complexity index is 312. The van der Waals surface area contributed by atoms with E-state index in [1.54, 1.807) is 0 Å². The molecule has 1 aromatic rings. The maximum atomic E-state index is 10.5. The molecule has 64 valence electrons. The van der Waals surface area contributed by atoms with Crippen molar-refractivity contribution in [3.05, 3.63) is 17.8 Å². The number of nitrogen functional groups attached to an aromatic ring is 1. The average Bonchev–Trinajstić information content (AvgIpc) is 2.03. The van der Waals surface area contributed by atoms with E-state index < -0.39 is 5.97 Å². The summed E-state index contributed by atoms with van der Waals surface area (Å²) >= 11 is 0. The van der Waals surface area contributed by atoms with E-state index in [2.05, 4.69) is 4.98 Å². The van der Waals surface area contributed by atoms with E-state index in [0.29, 0.717) is 5.88 Å². The summed E-state index contributed by atoms with van der Waals surface area (Å²) in [5, 5.41) is 8.57. The largest absolute Gasteiger partial charge is 0.481 e. The van der Waals surface area contributed by atoms with Crippen LogP contribution in [0.25, 0.3) is 0 Å². The Morgan fingerprint density at radius 1 is 1.75 bits per heavy atom. The van der Waals surface area contributed by atoms with Crippen LogP contribution in [0.5, 0.6) is 5.88 Å². The smallest absolute Gasteiger partial charge is 0.339 e. The van der Waals surface area contributed by atoms with E-state index >= 15 is 0 Å². The molecule has 0 saturated heterocycles. The summed E-state index contributed by atoms with van der Waals surface area (Å²) < 4.78 is 4.75. The number of nitrogens with two attached hydrogens (primary N) is 1. The van der Waals surface area contributed by atoms with E-state index in [4.69, 9.17) is 15.6 Å². The summed E-state index contributed by atoms with van der Waals surface area (Å²) in [4.78, 5) is 14.2. The third-order valence-electron chi connectivity index (χ3n) is 1.35. The van der Waals surface area contributed by atoms with Gasteiger partial charge in [0.15, 0.2) is 0 Å². The minimum Gasteiger partial charge on any atom is -0.481 e. The SMILES string of the molecule is COc1cc(N)c(C(=O)O)cn1. The van der Waals surface area contributed by atoms with Crippen molar-refractivity contribution in [3.8, 4) is 5.88 Å². The van der Waals surface area contributed by atoms with Gasteiger partial charge >= 0.3 is 5.97 Å². The van der Waals surface area contributed by atoms with Gasteiger partial charge < -0.3 is 15.6 Å². The van der Waals surface area contributed by atoms with Gasteiger partial charge in [-0.15, -0.1) is 0 Å². The highest BCUT2D eigenvalue weighted by molar-refractivity contribution is 5.93. The number of pyridine rings is 1. The number of ether oxygens (including phenoxy) is 1. The zero-order valence-electron chi connectivity index (χ0n) is 6.44. The second-order valence-electron chi connectivity index (χ2n) is 2.12. The molecular formula is C7H8N2O3. The van der Waals surface area contributed by atoms with Crippen molar-refractivity contribution in [1.29, 1.82) is 0 Å². The number of rotatable bonds is 2. The molecular weight excluding hydrogens is 160 g/mol. The van der Waals surface area contributed by atoms with Gasteiger partial charge in [0.2, 0.25) is 5.88 Å². The molecule has 0 spiro atoms. The first kappa shape index (κ1) is 8.32. The van der Waals surface area contributed by atoms with Crippen molar-refractivity contribution in [2.24, 2.45) is 0 Å². The number of aromatic carboxylic acids is 1. The van der Waals surface area contributed by atoms with Crippen LogP contribution in [0.2, 0.25) is 0 Å². The van der Waals surface area contributed by atoms with Gasteiger partial charge in [0.25, 0.3) is 0 Å². The summed E-state index contributed by atoms with van der Waals surface area (Å²) in [6.07, 6.45) is 1.16. The molecule has 3 N–H and O–H groups in total. The minimum absolute atomic E-state index is 0.0178. The standard InChI is InChI=1S/C7H8N2O3/c1-12-6-2-5(8)4(3-9-6)7(10)11/h2-3H,1H3,(H2,8,9)(H,10,11). The molecule has 5 heteroatoms. The number of carboxylic acid groups (broad SMARTS) is 1. The molecule has 5 nitrogen and oxygen atoms in total. The molecule has 12 heavy (non-hydrogen) atoms. The first-order valence-corrected chi connectivity index (χ1v) is 3.18. The van der Waals surface area contributed by atoms with Crippen LogP contribution in [-0.4, -0.2) is 23.2 Å². The van der Waals surface area contributed by atoms with Crippen molar-refractivity contribution in [3.63, 3.8) is 0 Å². The van der Waals surface area contributed by atoms with Crippen LogP contribution in [0, 0.1) is 0 Å². The van der Waals surface area contributed by atoms with Gasteiger partial charge in [-0.25, -0.2) is 9.78 Å². The van der Waals surface area contributed by atoms with Crippen molar-refractivity contribution in [1.82, 2.24) is 4.98 Å². The molecule has 1 rings (SSSR count). The fourth-order valence-electron chi connectivity index (χ4n) is 0.741. The van der Waals surface area contributed by atoms with Crippen LogP contribution in [0.1, 0.15) is 10.4 Å². The topological polar surface area (TPSA) is 85.4 Å². The van der Waals surface area contributed by atoms with Gasteiger partial charge in [-0.2, -0.15) is 0 Å². The van der Waals surface area contributed by atoms with Gasteiger partial charge in [-0.1, -0.05) is 0 Å². The van der Waals surface area contributed by atoms with Gasteiger partial charge in [-0.3, -0.25) is 0 Å². The fraction of sp³-hybridized carbons (Fsp3) is 0.143. The maximum absolute atomic E-state index is 10.5. The summed E-state index contributed by atoms with van der Waals surface area (Å²) in [7, 11) is 1.43. The number of methoxy groups -OCH3 is 1. The Morgan fingerprint density at radius 3 is 2.83 bits per heavy atom. The molecule has 0 aliphatic rings. The summed E-state index contributed by atoms with van der Waals surface area (Å²) in [6, 6.07) is 1.36. The molecule has 0 aromatic carbocycles. The Labute approximate surface area is 68.8 Å². The summed E-state index contributed by atoms with van der Waals surface area (Å²) in [5.41, 5.74) is 5.53. The molecule has 1 heterocycles. The van der Waals surface area contributed by atoms with Gasteiger partial charge in [-0.05, 0) is 0 Å². The Kier molecular flexibility index (Phi) is 2.14. The Morgan fingerprint density at radius 2 is 2.42 bits per heavy atom. The molecule has 0 amide bonds. The molecule has 0 radical (unpaired) electrons. The highest BCUT2D eigenvalue weighted by Crippen LogP contribution is 2.15. The molecule has 0 aliphatic carbocycles. The average molecular weight is 168 g/mol. The monoisotopic (exact) mass is 168 g/mol. The second-order valence-corrected chi connectivity index (χ2v) is 2.12. The molecule has 0 fully saturated rings. The molecule has 0 saturated carbocycles. The van der Waals surface area contributed by atoms with Crippen molar-refractivity contribution >= 4 is 11.7 Å². The van der Waals surface area contributed by atoms with Crippen LogP contribution < -0.4 is 10.5 Å². The first-order chi connectivity index (χ1) is 5.65. The van der Waals surface area contributed by atoms with Crippen molar-refractivity contribution in [2.75, 3.05) is 12.8 Å². The lowest BCUT2D eigenvalue weighted by Gasteiger charge is -2.01. The predicted octanol–water partition coefficient (Wildman–Crippen LogP) is 0.371.